The van der Waals surface area contributed by atoms with Crippen molar-refractivity contribution in [2.24, 2.45) is 0 Å². The zero-order valence-electron chi connectivity index (χ0n) is 9.39. The predicted octanol–water partition coefficient (Wildman–Crippen LogP) is 2.33. The van der Waals surface area contributed by atoms with Crippen molar-refractivity contribution in [3.05, 3.63) is 0 Å². The summed E-state index contributed by atoms with van der Waals surface area (Å²) in [5.41, 5.74) is 0.0815. The van der Waals surface area contributed by atoms with Crippen molar-refractivity contribution in [1.29, 1.82) is 0 Å². The Morgan fingerprint density at radius 1 is 1.38 bits per heavy atom. The van der Waals surface area contributed by atoms with Gasteiger partial charge in [-0.3, -0.25) is 0 Å². The van der Waals surface area contributed by atoms with Crippen LogP contribution in [0.25, 0.3) is 0 Å². The van der Waals surface area contributed by atoms with E-state index < -0.39 is 0 Å². The average molecular weight is 185 g/mol. The lowest BCUT2D eigenvalue weighted by Crippen LogP contribution is -2.47. The van der Waals surface area contributed by atoms with Crippen molar-refractivity contribution in [2.75, 3.05) is 7.05 Å². The molecule has 0 heterocycles. The summed E-state index contributed by atoms with van der Waals surface area (Å²) in [5, 5.41) is 3.27. The minimum atomic E-state index is 0.0815. The Morgan fingerprint density at radius 3 is 2.46 bits per heavy atom. The van der Waals surface area contributed by atoms with Gasteiger partial charge in [0.1, 0.15) is 0 Å². The van der Waals surface area contributed by atoms with E-state index in [1.807, 2.05) is 7.05 Å². The summed E-state index contributed by atoms with van der Waals surface area (Å²) in [4.78, 5) is 0. The van der Waals surface area contributed by atoms with Crippen LogP contribution in [0, 0.1) is 0 Å². The fourth-order valence-corrected chi connectivity index (χ4v) is 2.01. The van der Waals surface area contributed by atoms with Crippen LogP contribution < -0.4 is 5.32 Å². The summed E-state index contributed by atoms with van der Waals surface area (Å²) in [6, 6.07) is 0.697. The van der Waals surface area contributed by atoms with Gasteiger partial charge in [-0.2, -0.15) is 0 Å². The van der Waals surface area contributed by atoms with E-state index in [0.29, 0.717) is 12.1 Å². The van der Waals surface area contributed by atoms with E-state index in [4.69, 9.17) is 4.74 Å². The van der Waals surface area contributed by atoms with E-state index in [0.717, 1.165) is 6.42 Å². The third kappa shape index (κ3) is 3.28. The molecular formula is C11H23NO. The number of hydrogen-bond donors (Lipinski definition) is 1. The van der Waals surface area contributed by atoms with Crippen molar-refractivity contribution in [2.45, 2.75) is 64.2 Å². The molecule has 78 valence electrons. The van der Waals surface area contributed by atoms with Gasteiger partial charge in [-0.25, -0.2) is 0 Å². The quantitative estimate of drug-likeness (QED) is 0.710. The third-order valence-corrected chi connectivity index (χ3v) is 2.84. The summed E-state index contributed by atoms with van der Waals surface area (Å²) in [7, 11) is 2.03. The van der Waals surface area contributed by atoms with E-state index in [9.17, 15) is 0 Å². The van der Waals surface area contributed by atoms with Gasteiger partial charge in [-0.1, -0.05) is 13.3 Å². The summed E-state index contributed by atoms with van der Waals surface area (Å²) in [6.07, 6.45) is 5.23. The molecule has 0 atom stereocenters. The van der Waals surface area contributed by atoms with Crippen LogP contribution >= 0.6 is 0 Å². The first-order chi connectivity index (χ1) is 6.07. The second kappa shape index (κ2) is 4.43. The van der Waals surface area contributed by atoms with Gasteiger partial charge < -0.3 is 10.1 Å². The highest BCUT2D eigenvalue weighted by molar-refractivity contribution is 4.87. The van der Waals surface area contributed by atoms with Gasteiger partial charge in [0.25, 0.3) is 0 Å². The van der Waals surface area contributed by atoms with Crippen molar-refractivity contribution in [3.63, 3.8) is 0 Å². The van der Waals surface area contributed by atoms with E-state index in [1.165, 1.54) is 19.3 Å². The molecule has 0 aliphatic heterocycles. The van der Waals surface area contributed by atoms with Gasteiger partial charge >= 0.3 is 0 Å². The van der Waals surface area contributed by atoms with Crippen LogP contribution in [0.2, 0.25) is 0 Å². The molecule has 2 heteroatoms. The van der Waals surface area contributed by atoms with E-state index >= 15 is 0 Å². The molecular weight excluding hydrogens is 162 g/mol. The summed E-state index contributed by atoms with van der Waals surface area (Å²) in [6.45, 7) is 6.61. The first-order valence-corrected chi connectivity index (χ1v) is 5.42. The molecule has 1 rings (SSSR count). The Labute approximate surface area is 82.0 Å². The predicted molar refractivity (Wildman–Crippen MR) is 55.9 cm³/mol. The maximum atomic E-state index is 6.01. The average Bonchev–Trinajstić information content (AvgIpc) is 1.95. The van der Waals surface area contributed by atoms with E-state index in [-0.39, 0.29) is 5.60 Å². The van der Waals surface area contributed by atoms with Crippen molar-refractivity contribution in [1.82, 2.24) is 5.32 Å². The highest BCUT2D eigenvalue weighted by Crippen LogP contribution is 2.29. The van der Waals surface area contributed by atoms with Crippen LogP contribution in [0.5, 0.6) is 0 Å². The van der Waals surface area contributed by atoms with Crippen molar-refractivity contribution < 1.29 is 4.74 Å². The third-order valence-electron chi connectivity index (χ3n) is 2.84. The minimum absolute atomic E-state index is 0.0815. The summed E-state index contributed by atoms with van der Waals surface area (Å²) >= 11 is 0. The molecule has 0 aromatic rings. The highest BCUT2D eigenvalue weighted by atomic mass is 16.5. The van der Waals surface area contributed by atoms with Crippen molar-refractivity contribution >= 4 is 0 Å². The number of rotatable bonds is 5. The first kappa shape index (κ1) is 11.0. The van der Waals surface area contributed by atoms with Crippen LogP contribution in [0.1, 0.15) is 46.5 Å². The van der Waals surface area contributed by atoms with E-state index in [1.54, 1.807) is 0 Å². The summed E-state index contributed by atoms with van der Waals surface area (Å²) in [5.74, 6) is 0. The fourth-order valence-electron chi connectivity index (χ4n) is 2.01. The molecule has 2 nitrogen and oxygen atoms in total. The molecule has 1 aliphatic carbocycles. The van der Waals surface area contributed by atoms with Gasteiger partial charge in [-0.15, -0.1) is 0 Å². The first-order valence-electron chi connectivity index (χ1n) is 5.42. The molecule has 0 saturated heterocycles. The number of ether oxygens (including phenoxy) is 1. The SMILES string of the molecule is CCCC(C)(C)OC1CC(NC)C1. The Bertz CT molecular complexity index is 150. The minimum Gasteiger partial charge on any atom is -0.372 e. The van der Waals surface area contributed by atoms with Gasteiger partial charge in [0.15, 0.2) is 0 Å². The Balaban J connectivity index is 2.18. The molecule has 0 unspecified atom stereocenters. The normalized spacial score (nSPS) is 28.6. The van der Waals surface area contributed by atoms with Crippen LogP contribution in [-0.2, 0) is 4.74 Å². The van der Waals surface area contributed by atoms with Gasteiger partial charge in [-0.05, 0) is 40.2 Å². The maximum absolute atomic E-state index is 6.01. The summed E-state index contributed by atoms with van der Waals surface area (Å²) < 4.78 is 6.01. The zero-order valence-corrected chi connectivity index (χ0v) is 9.39. The lowest BCUT2D eigenvalue weighted by Gasteiger charge is -2.40. The molecule has 0 bridgehead atoms. The second-order valence-electron chi connectivity index (χ2n) is 4.71. The van der Waals surface area contributed by atoms with E-state index in [2.05, 4.69) is 26.1 Å². The maximum Gasteiger partial charge on any atom is 0.0630 e. The fraction of sp³-hybridized carbons (Fsp3) is 1.00. The van der Waals surface area contributed by atoms with Crippen LogP contribution in [-0.4, -0.2) is 24.8 Å². The Kier molecular flexibility index (Phi) is 3.74. The molecule has 1 N–H and O–H groups in total. The molecule has 1 fully saturated rings. The zero-order chi connectivity index (χ0) is 9.90. The lowest BCUT2D eigenvalue weighted by molar-refractivity contribution is -0.114. The monoisotopic (exact) mass is 185 g/mol. The Hall–Kier alpha value is -0.0800. The molecule has 0 spiro atoms. The van der Waals surface area contributed by atoms with Gasteiger partial charge in [0.2, 0.25) is 0 Å². The molecule has 0 aromatic heterocycles. The number of hydrogen-bond acceptors (Lipinski definition) is 2. The van der Waals surface area contributed by atoms with Crippen LogP contribution in [0.3, 0.4) is 0 Å². The molecule has 0 amide bonds. The van der Waals surface area contributed by atoms with Gasteiger partial charge in [0, 0.05) is 6.04 Å². The molecule has 13 heavy (non-hydrogen) atoms. The molecule has 1 aliphatic rings. The van der Waals surface area contributed by atoms with Gasteiger partial charge in [0.05, 0.1) is 11.7 Å². The van der Waals surface area contributed by atoms with Crippen molar-refractivity contribution in [3.8, 4) is 0 Å². The highest BCUT2D eigenvalue weighted by Gasteiger charge is 2.32. The second-order valence-corrected chi connectivity index (χ2v) is 4.71. The molecule has 0 radical (unpaired) electrons. The molecule has 0 aromatic carbocycles. The topological polar surface area (TPSA) is 21.3 Å². The van der Waals surface area contributed by atoms with Crippen LogP contribution in [0.15, 0.2) is 0 Å². The lowest BCUT2D eigenvalue weighted by atomic mass is 9.88. The smallest absolute Gasteiger partial charge is 0.0630 e. The molecule has 1 saturated carbocycles. The largest absolute Gasteiger partial charge is 0.372 e. The Morgan fingerprint density at radius 2 is 2.00 bits per heavy atom. The van der Waals surface area contributed by atoms with Crippen LogP contribution in [0.4, 0.5) is 0 Å². The number of nitrogens with one attached hydrogen (secondary N) is 1. The standard InChI is InChI=1S/C11H23NO/c1-5-6-11(2,3)13-10-7-9(8-10)12-4/h9-10,12H,5-8H2,1-4H3.